The first-order valence-corrected chi connectivity index (χ1v) is 13.5. The van der Waals surface area contributed by atoms with Gasteiger partial charge < -0.3 is 21.4 Å². The number of hydrazone groups is 1. The van der Waals surface area contributed by atoms with Gasteiger partial charge in [-0.25, -0.2) is 4.39 Å². The van der Waals surface area contributed by atoms with Crippen molar-refractivity contribution < 1.29 is 4.39 Å². The fourth-order valence-electron chi connectivity index (χ4n) is 4.32. The molecule has 8 nitrogen and oxygen atoms in total. The van der Waals surface area contributed by atoms with Gasteiger partial charge in [-0.15, -0.1) is 0 Å². The summed E-state index contributed by atoms with van der Waals surface area (Å²) in [5, 5.41) is 15.3. The number of nitrogens with one attached hydrogen (secondary N) is 4. The molecule has 0 amide bonds. The number of hydrogen-bond acceptors (Lipinski definition) is 8. The van der Waals surface area contributed by atoms with Crippen LogP contribution in [0.15, 0.2) is 102 Å². The van der Waals surface area contributed by atoms with E-state index in [9.17, 15) is 4.39 Å². The topological polar surface area (TPSA) is 99.2 Å². The van der Waals surface area contributed by atoms with Gasteiger partial charge in [0.1, 0.15) is 5.82 Å². The lowest BCUT2D eigenvalue weighted by molar-refractivity contribution is 0.620. The van der Waals surface area contributed by atoms with Crippen molar-refractivity contribution in [1.82, 2.24) is 20.4 Å². The van der Waals surface area contributed by atoms with Crippen molar-refractivity contribution >= 4 is 63.8 Å². The van der Waals surface area contributed by atoms with Crippen LogP contribution in [0.1, 0.15) is 23.6 Å². The summed E-state index contributed by atoms with van der Waals surface area (Å²) >= 11 is 12.4. The van der Waals surface area contributed by atoms with Crippen molar-refractivity contribution in [2.24, 2.45) is 5.10 Å². The Morgan fingerprint density at radius 1 is 0.683 bits per heavy atom. The van der Waals surface area contributed by atoms with Crippen molar-refractivity contribution in [1.29, 1.82) is 0 Å². The first-order chi connectivity index (χ1) is 20.0. The maximum Gasteiger partial charge on any atom is 0.233 e. The maximum absolute atomic E-state index is 13.4. The molecular formula is C30H23Cl2FN8. The highest BCUT2D eigenvalue weighted by molar-refractivity contribution is 6.35. The predicted octanol–water partition coefficient (Wildman–Crippen LogP) is 7.99. The number of benzene rings is 4. The number of rotatable bonds is 8. The van der Waals surface area contributed by atoms with E-state index in [2.05, 4.69) is 41.4 Å². The Balaban J connectivity index is 1.19. The summed E-state index contributed by atoms with van der Waals surface area (Å²) in [5.41, 5.74) is 8.28. The Kier molecular flexibility index (Phi) is 7.62. The van der Waals surface area contributed by atoms with Gasteiger partial charge in [-0.1, -0.05) is 59.6 Å². The van der Waals surface area contributed by atoms with E-state index in [1.54, 1.807) is 18.2 Å². The summed E-state index contributed by atoms with van der Waals surface area (Å²) in [4.78, 5) is 13.5. The Labute approximate surface area is 245 Å². The van der Waals surface area contributed by atoms with E-state index in [1.165, 1.54) is 12.1 Å². The number of para-hydroxylation sites is 1. The lowest BCUT2D eigenvalue weighted by atomic mass is 9.99. The summed E-state index contributed by atoms with van der Waals surface area (Å²) in [7, 11) is 0. The van der Waals surface area contributed by atoms with Gasteiger partial charge in [-0.2, -0.15) is 20.1 Å². The van der Waals surface area contributed by atoms with Crippen LogP contribution in [0.3, 0.4) is 0 Å². The molecule has 11 heteroatoms. The molecule has 1 aromatic heterocycles. The molecule has 0 saturated heterocycles. The van der Waals surface area contributed by atoms with E-state index < -0.39 is 0 Å². The Bertz CT molecular complexity index is 1700. The number of aromatic nitrogens is 3. The minimum Gasteiger partial charge on any atom is -0.324 e. The molecular weight excluding hydrogens is 562 g/mol. The van der Waals surface area contributed by atoms with Crippen LogP contribution < -0.4 is 21.4 Å². The number of halogens is 3. The smallest absolute Gasteiger partial charge is 0.233 e. The van der Waals surface area contributed by atoms with Crippen molar-refractivity contribution in [2.75, 3.05) is 16.0 Å². The third-order valence-corrected chi connectivity index (χ3v) is 6.89. The van der Waals surface area contributed by atoms with E-state index in [4.69, 9.17) is 23.2 Å². The standard InChI is InChI=1S/C30H23Cl2FN8/c31-19-8-15-24(25(32)16-19)27-17-26(40-41-27)18-6-11-22(12-7-18)35-29-37-28(34-21-4-2-1-3-5-21)38-30(39-29)36-23-13-9-20(33)10-14-23/h1-16,27,41H,17H2,(H3,34,35,36,37,38,39). The van der Waals surface area contributed by atoms with E-state index in [1.807, 2.05) is 66.7 Å². The monoisotopic (exact) mass is 584 g/mol. The largest absolute Gasteiger partial charge is 0.324 e. The SMILES string of the molecule is Fc1ccc(Nc2nc(Nc3ccccc3)nc(Nc3ccc(C4=NNC(c5ccc(Cl)cc5Cl)C4)cc3)n2)cc1. The summed E-state index contributed by atoms with van der Waals surface area (Å²) in [6, 6.07) is 28.8. The molecule has 41 heavy (non-hydrogen) atoms. The van der Waals surface area contributed by atoms with E-state index in [0.29, 0.717) is 40.0 Å². The molecule has 4 N–H and O–H groups in total. The van der Waals surface area contributed by atoms with Crippen molar-refractivity contribution in [3.63, 3.8) is 0 Å². The van der Waals surface area contributed by atoms with Crippen LogP contribution in [-0.2, 0) is 0 Å². The molecule has 1 unspecified atom stereocenters. The van der Waals surface area contributed by atoms with Crippen LogP contribution >= 0.6 is 23.2 Å². The minimum absolute atomic E-state index is 0.0275. The summed E-state index contributed by atoms with van der Waals surface area (Å²) in [6.07, 6.45) is 0.689. The number of nitrogens with zero attached hydrogens (tertiary/aromatic N) is 4. The highest BCUT2D eigenvalue weighted by Crippen LogP contribution is 2.32. The summed E-state index contributed by atoms with van der Waals surface area (Å²) < 4.78 is 13.4. The third kappa shape index (κ3) is 6.54. The van der Waals surface area contributed by atoms with Crippen LogP contribution in [0, 0.1) is 5.82 Å². The fraction of sp³-hybridized carbons (Fsp3) is 0.0667. The third-order valence-electron chi connectivity index (χ3n) is 6.33. The summed E-state index contributed by atoms with van der Waals surface area (Å²) in [6.45, 7) is 0. The molecule has 2 heterocycles. The zero-order valence-electron chi connectivity index (χ0n) is 21.4. The maximum atomic E-state index is 13.4. The average Bonchev–Trinajstić information content (AvgIpc) is 3.45. The Morgan fingerprint density at radius 3 is 1.83 bits per heavy atom. The molecule has 6 rings (SSSR count). The second kappa shape index (κ2) is 11.8. The van der Waals surface area contributed by atoms with E-state index >= 15 is 0 Å². The molecule has 0 fully saturated rings. The molecule has 0 spiro atoms. The van der Waals surface area contributed by atoms with E-state index in [-0.39, 0.29) is 11.9 Å². The molecule has 1 aliphatic heterocycles. The highest BCUT2D eigenvalue weighted by atomic mass is 35.5. The normalized spacial score (nSPS) is 14.2. The minimum atomic E-state index is -0.327. The van der Waals surface area contributed by atoms with Crippen molar-refractivity contribution in [3.8, 4) is 0 Å². The van der Waals surface area contributed by atoms with Gasteiger partial charge in [0.25, 0.3) is 0 Å². The predicted molar refractivity (Wildman–Crippen MR) is 162 cm³/mol. The van der Waals surface area contributed by atoms with Crippen molar-refractivity contribution in [3.05, 3.63) is 124 Å². The molecule has 0 saturated carbocycles. The first kappa shape index (κ1) is 26.5. The van der Waals surface area contributed by atoms with Gasteiger partial charge in [-0.05, 0) is 71.8 Å². The molecule has 1 atom stereocenters. The highest BCUT2D eigenvalue weighted by Gasteiger charge is 2.23. The van der Waals surface area contributed by atoms with Gasteiger partial charge in [0.05, 0.1) is 11.8 Å². The first-order valence-electron chi connectivity index (χ1n) is 12.7. The van der Waals surface area contributed by atoms with Crippen LogP contribution in [0.5, 0.6) is 0 Å². The van der Waals surface area contributed by atoms with Crippen LogP contribution in [0.4, 0.5) is 39.3 Å². The number of anilines is 6. The van der Waals surface area contributed by atoms with Crippen LogP contribution in [-0.4, -0.2) is 20.7 Å². The quantitative estimate of drug-likeness (QED) is 0.147. The van der Waals surface area contributed by atoms with Crippen molar-refractivity contribution in [2.45, 2.75) is 12.5 Å². The van der Waals surface area contributed by atoms with Gasteiger partial charge in [0.2, 0.25) is 17.8 Å². The molecule has 0 bridgehead atoms. The Hall–Kier alpha value is -4.73. The molecule has 0 aliphatic carbocycles. The second-order valence-corrected chi connectivity index (χ2v) is 10.1. The average molecular weight is 585 g/mol. The lowest BCUT2D eigenvalue weighted by Crippen LogP contribution is -2.10. The van der Waals surface area contributed by atoms with Gasteiger partial charge in [0, 0.05) is 33.5 Å². The van der Waals surface area contributed by atoms with E-state index in [0.717, 1.165) is 28.2 Å². The summed E-state index contributed by atoms with van der Waals surface area (Å²) in [5.74, 6) is 0.635. The molecule has 5 aromatic rings. The van der Waals surface area contributed by atoms with Crippen LogP contribution in [0.25, 0.3) is 0 Å². The molecule has 4 aromatic carbocycles. The second-order valence-electron chi connectivity index (χ2n) is 9.24. The molecule has 204 valence electrons. The lowest BCUT2D eigenvalue weighted by Gasteiger charge is -2.13. The van der Waals surface area contributed by atoms with Crippen LogP contribution in [0.2, 0.25) is 10.0 Å². The van der Waals surface area contributed by atoms with Gasteiger partial charge in [-0.3, -0.25) is 0 Å². The molecule has 1 aliphatic rings. The van der Waals surface area contributed by atoms with Gasteiger partial charge in [0.15, 0.2) is 0 Å². The Morgan fingerprint density at radius 2 is 1.24 bits per heavy atom. The zero-order valence-corrected chi connectivity index (χ0v) is 23.0. The fourth-order valence-corrected chi connectivity index (χ4v) is 4.86. The number of hydrogen-bond donors (Lipinski definition) is 4. The van der Waals surface area contributed by atoms with Gasteiger partial charge >= 0.3 is 0 Å². The molecule has 0 radical (unpaired) electrons. The zero-order chi connectivity index (χ0) is 28.2.